The van der Waals surface area contributed by atoms with Crippen LogP contribution in [0.4, 0.5) is 0 Å². The molecular weight excluding hydrogens is 412 g/mol. The van der Waals surface area contributed by atoms with Gasteiger partial charge in [0.05, 0.1) is 23.2 Å². The van der Waals surface area contributed by atoms with Crippen LogP contribution in [0, 0.1) is 0 Å². The number of pyridine rings is 1. The Morgan fingerprint density at radius 2 is 1.68 bits per heavy atom. The van der Waals surface area contributed by atoms with E-state index in [1.54, 1.807) is 30.3 Å². The van der Waals surface area contributed by atoms with Gasteiger partial charge in [0.1, 0.15) is 5.75 Å². The topological polar surface area (TPSA) is 76.6 Å². The highest BCUT2D eigenvalue weighted by Gasteiger charge is 2.24. The predicted molar refractivity (Wildman–Crippen MR) is 120 cm³/mol. The van der Waals surface area contributed by atoms with Crippen LogP contribution in [0.15, 0.2) is 83.9 Å². The van der Waals surface area contributed by atoms with Crippen molar-refractivity contribution in [3.05, 3.63) is 90.3 Å². The SMILES string of the molecule is CN(C(=O)CCCOc1ccc(S(C)(=O)=O)cc1)C(c1ccccc1)c1ccccn1. The Morgan fingerprint density at radius 1 is 1.00 bits per heavy atom. The van der Waals surface area contributed by atoms with Gasteiger partial charge in [-0.3, -0.25) is 9.78 Å². The molecule has 0 N–H and O–H groups in total. The molecule has 0 aliphatic rings. The van der Waals surface area contributed by atoms with Gasteiger partial charge in [0.15, 0.2) is 9.84 Å². The molecule has 0 spiro atoms. The van der Waals surface area contributed by atoms with E-state index in [2.05, 4.69) is 4.98 Å². The predicted octanol–water partition coefficient (Wildman–Crippen LogP) is 3.89. The highest BCUT2D eigenvalue weighted by Crippen LogP contribution is 2.26. The Bertz CT molecular complexity index is 1050. The Kier molecular flexibility index (Phi) is 7.41. The lowest BCUT2D eigenvalue weighted by Gasteiger charge is -2.28. The monoisotopic (exact) mass is 438 g/mol. The summed E-state index contributed by atoms with van der Waals surface area (Å²) in [6.07, 6.45) is 3.76. The van der Waals surface area contributed by atoms with Crippen LogP contribution in [-0.2, 0) is 14.6 Å². The fourth-order valence-corrected chi connectivity index (χ4v) is 3.91. The molecule has 0 radical (unpaired) electrons. The van der Waals surface area contributed by atoms with Crippen molar-refractivity contribution in [1.82, 2.24) is 9.88 Å². The molecule has 2 aromatic carbocycles. The van der Waals surface area contributed by atoms with Crippen molar-refractivity contribution < 1.29 is 17.9 Å². The van der Waals surface area contributed by atoms with Gasteiger partial charge in [-0.05, 0) is 48.4 Å². The van der Waals surface area contributed by atoms with Crippen molar-refractivity contribution in [1.29, 1.82) is 0 Å². The van der Waals surface area contributed by atoms with Crippen molar-refractivity contribution in [2.75, 3.05) is 19.9 Å². The molecule has 0 aliphatic carbocycles. The maximum Gasteiger partial charge on any atom is 0.223 e. The molecule has 0 saturated carbocycles. The number of amides is 1. The summed E-state index contributed by atoms with van der Waals surface area (Å²) in [6.45, 7) is 0.359. The Balaban J connectivity index is 1.58. The number of hydrogen-bond donors (Lipinski definition) is 0. The zero-order valence-corrected chi connectivity index (χ0v) is 18.5. The second kappa shape index (κ2) is 10.2. The van der Waals surface area contributed by atoms with Crippen molar-refractivity contribution in [3.63, 3.8) is 0 Å². The van der Waals surface area contributed by atoms with Crippen LogP contribution in [0.25, 0.3) is 0 Å². The molecule has 3 aromatic rings. The van der Waals surface area contributed by atoms with E-state index in [0.717, 1.165) is 11.3 Å². The number of rotatable bonds is 9. The summed E-state index contributed by atoms with van der Waals surface area (Å²) in [7, 11) is -1.44. The molecule has 1 unspecified atom stereocenters. The second-order valence-corrected chi connectivity index (χ2v) is 9.28. The van der Waals surface area contributed by atoms with Crippen LogP contribution in [0.1, 0.15) is 30.1 Å². The molecule has 0 saturated heterocycles. The quantitative estimate of drug-likeness (QED) is 0.474. The molecule has 1 aromatic heterocycles. The number of benzene rings is 2. The first kappa shape index (κ1) is 22.5. The normalized spacial score (nSPS) is 12.2. The molecular formula is C24H26N2O4S. The fourth-order valence-electron chi connectivity index (χ4n) is 3.28. The van der Waals surface area contributed by atoms with Crippen LogP contribution < -0.4 is 4.74 Å². The maximum atomic E-state index is 12.9. The molecule has 1 amide bonds. The van der Waals surface area contributed by atoms with E-state index in [1.807, 2.05) is 48.5 Å². The smallest absolute Gasteiger partial charge is 0.223 e. The zero-order chi connectivity index (χ0) is 22.3. The number of carbonyl (C=O) groups excluding carboxylic acids is 1. The minimum Gasteiger partial charge on any atom is -0.494 e. The lowest BCUT2D eigenvalue weighted by atomic mass is 10.0. The summed E-state index contributed by atoms with van der Waals surface area (Å²) in [5.74, 6) is 0.569. The zero-order valence-electron chi connectivity index (χ0n) is 17.6. The first-order valence-corrected chi connectivity index (χ1v) is 11.9. The van der Waals surface area contributed by atoms with E-state index in [1.165, 1.54) is 18.4 Å². The molecule has 162 valence electrons. The summed E-state index contributed by atoms with van der Waals surface area (Å²) >= 11 is 0. The molecule has 6 nitrogen and oxygen atoms in total. The Labute approximate surface area is 183 Å². The Morgan fingerprint density at radius 3 is 2.29 bits per heavy atom. The number of carbonyl (C=O) groups is 1. The molecule has 3 rings (SSSR count). The number of ether oxygens (including phenoxy) is 1. The van der Waals surface area contributed by atoms with Crippen LogP contribution in [0.5, 0.6) is 5.75 Å². The summed E-state index contributed by atoms with van der Waals surface area (Å²) < 4.78 is 28.7. The van der Waals surface area contributed by atoms with Gasteiger partial charge in [-0.25, -0.2) is 8.42 Å². The maximum absolute atomic E-state index is 12.9. The van der Waals surface area contributed by atoms with Crippen molar-refractivity contribution >= 4 is 15.7 Å². The van der Waals surface area contributed by atoms with Gasteiger partial charge in [0.2, 0.25) is 5.91 Å². The van der Waals surface area contributed by atoms with E-state index < -0.39 is 9.84 Å². The third-order valence-corrected chi connectivity index (χ3v) is 6.05. The van der Waals surface area contributed by atoms with E-state index >= 15 is 0 Å². The van der Waals surface area contributed by atoms with Crippen LogP contribution in [0.3, 0.4) is 0 Å². The van der Waals surface area contributed by atoms with Gasteiger partial charge in [0.25, 0.3) is 0 Å². The molecule has 31 heavy (non-hydrogen) atoms. The fraction of sp³-hybridized carbons (Fsp3) is 0.250. The first-order valence-electron chi connectivity index (χ1n) is 10.0. The first-order chi connectivity index (χ1) is 14.9. The summed E-state index contributed by atoms with van der Waals surface area (Å²) in [4.78, 5) is 19.3. The minimum atomic E-state index is -3.23. The lowest BCUT2D eigenvalue weighted by molar-refractivity contribution is -0.131. The standard InChI is InChI=1S/C24H26N2O4S/c1-26(24(19-9-4-3-5-10-19)22-11-6-7-17-25-22)23(27)12-8-18-30-20-13-15-21(16-14-20)31(2,28)29/h3-7,9-11,13-17,24H,8,12,18H2,1-2H3. The number of nitrogens with zero attached hydrogens (tertiary/aromatic N) is 2. The van der Waals surface area contributed by atoms with Gasteiger partial charge < -0.3 is 9.64 Å². The third-order valence-electron chi connectivity index (χ3n) is 4.92. The van der Waals surface area contributed by atoms with Crippen LogP contribution in [0.2, 0.25) is 0 Å². The summed E-state index contributed by atoms with van der Waals surface area (Å²) in [5.41, 5.74) is 1.81. The molecule has 0 fully saturated rings. The number of sulfone groups is 1. The highest BCUT2D eigenvalue weighted by atomic mass is 32.2. The average molecular weight is 439 g/mol. The van der Waals surface area contributed by atoms with Gasteiger partial charge in [-0.15, -0.1) is 0 Å². The highest BCUT2D eigenvalue weighted by molar-refractivity contribution is 7.90. The third kappa shape index (κ3) is 6.15. The van der Waals surface area contributed by atoms with Crippen LogP contribution >= 0.6 is 0 Å². The molecule has 0 bridgehead atoms. The summed E-state index contributed by atoms with van der Waals surface area (Å²) in [6, 6.07) is 21.5. The lowest BCUT2D eigenvalue weighted by Crippen LogP contribution is -2.32. The molecule has 1 heterocycles. The second-order valence-electron chi connectivity index (χ2n) is 7.27. The molecule has 0 aliphatic heterocycles. The van der Waals surface area contributed by atoms with E-state index in [4.69, 9.17) is 4.74 Å². The van der Waals surface area contributed by atoms with E-state index in [-0.39, 0.29) is 16.8 Å². The largest absolute Gasteiger partial charge is 0.494 e. The number of hydrogen-bond acceptors (Lipinski definition) is 5. The van der Waals surface area contributed by atoms with E-state index in [9.17, 15) is 13.2 Å². The molecule has 1 atom stereocenters. The van der Waals surface area contributed by atoms with Gasteiger partial charge in [0, 0.05) is 25.9 Å². The van der Waals surface area contributed by atoms with Crippen molar-refractivity contribution in [2.45, 2.75) is 23.8 Å². The minimum absolute atomic E-state index is 0.00414. The van der Waals surface area contributed by atoms with Gasteiger partial charge >= 0.3 is 0 Å². The Hall–Kier alpha value is -3.19. The molecule has 7 heteroatoms. The van der Waals surface area contributed by atoms with Crippen molar-refractivity contribution in [2.24, 2.45) is 0 Å². The number of aromatic nitrogens is 1. The van der Waals surface area contributed by atoms with Crippen LogP contribution in [-0.4, -0.2) is 44.1 Å². The van der Waals surface area contributed by atoms with Crippen molar-refractivity contribution in [3.8, 4) is 5.75 Å². The van der Waals surface area contributed by atoms with Gasteiger partial charge in [-0.2, -0.15) is 0 Å². The van der Waals surface area contributed by atoms with E-state index in [0.29, 0.717) is 25.2 Å². The van der Waals surface area contributed by atoms with Gasteiger partial charge in [-0.1, -0.05) is 36.4 Å². The summed E-state index contributed by atoms with van der Waals surface area (Å²) in [5, 5.41) is 0. The average Bonchev–Trinajstić information content (AvgIpc) is 2.78.